The highest BCUT2D eigenvalue weighted by Gasteiger charge is 2.19. The molecule has 1 atom stereocenters. The second-order valence-electron chi connectivity index (χ2n) is 24.1. The molecule has 0 aromatic carbocycles. The largest absolute Gasteiger partial charge is 0.462 e. The number of esters is 3. The standard InChI is InChI=1S/C75H136O6/c1-4-7-10-13-16-19-22-25-28-30-32-34-36-37-39-40-42-44-47-50-53-56-59-62-65-68-74(77)80-71-72(70-79-73(76)67-64-61-58-55-52-49-46-27-24-21-18-15-12-9-6-3)81-75(78)69-66-63-60-57-54-51-48-45-43-41-38-35-33-31-29-26-23-20-17-14-11-8-5-2/h23,26-27,30-33,38,41,46,72H,4-22,24-25,28-29,34-37,39-40,42-45,47-71H2,1-3H3/b26-23-,32-30-,33-31-,41-38-,46-27-. The maximum atomic E-state index is 13.0. The predicted octanol–water partition coefficient (Wildman–Crippen LogP) is 24.7. The Balaban J connectivity index is 4.31. The molecule has 0 aromatic rings. The Morgan fingerprint density at radius 2 is 0.444 bits per heavy atom. The summed E-state index contributed by atoms with van der Waals surface area (Å²) in [5.41, 5.74) is 0. The van der Waals surface area contributed by atoms with Gasteiger partial charge >= 0.3 is 17.9 Å². The van der Waals surface area contributed by atoms with E-state index in [9.17, 15) is 14.4 Å². The molecule has 0 bridgehead atoms. The van der Waals surface area contributed by atoms with E-state index >= 15 is 0 Å². The van der Waals surface area contributed by atoms with Crippen LogP contribution in [0.3, 0.4) is 0 Å². The Labute approximate surface area is 504 Å². The van der Waals surface area contributed by atoms with E-state index in [2.05, 4.69) is 81.5 Å². The number of unbranched alkanes of at least 4 members (excludes halogenated alkanes) is 45. The second kappa shape index (κ2) is 69.6. The summed E-state index contributed by atoms with van der Waals surface area (Å²) < 4.78 is 17.0. The predicted molar refractivity (Wildman–Crippen MR) is 353 cm³/mol. The lowest BCUT2D eigenvalue weighted by Gasteiger charge is -2.18. The minimum Gasteiger partial charge on any atom is -0.462 e. The van der Waals surface area contributed by atoms with E-state index in [1.54, 1.807) is 0 Å². The zero-order valence-corrected chi connectivity index (χ0v) is 54.3. The first kappa shape index (κ1) is 78.1. The highest BCUT2D eigenvalue weighted by molar-refractivity contribution is 5.71. The Bertz CT molecular complexity index is 1440. The average molecular weight is 1130 g/mol. The zero-order valence-electron chi connectivity index (χ0n) is 54.3. The molecule has 0 saturated heterocycles. The first-order valence-corrected chi connectivity index (χ1v) is 35.8. The molecule has 1 unspecified atom stereocenters. The third-order valence-corrected chi connectivity index (χ3v) is 16.0. The Hall–Kier alpha value is -2.89. The fraction of sp³-hybridized carbons (Fsp3) is 0.827. The van der Waals surface area contributed by atoms with Gasteiger partial charge in [0.1, 0.15) is 13.2 Å². The van der Waals surface area contributed by atoms with Gasteiger partial charge in [-0.3, -0.25) is 14.4 Å². The van der Waals surface area contributed by atoms with Crippen LogP contribution in [0.4, 0.5) is 0 Å². The van der Waals surface area contributed by atoms with Gasteiger partial charge in [-0.05, 0) is 109 Å². The summed E-state index contributed by atoms with van der Waals surface area (Å²) in [4.78, 5) is 38.5. The van der Waals surface area contributed by atoms with Crippen LogP contribution in [0.15, 0.2) is 60.8 Å². The lowest BCUT2D eigenvalue weighted by molar-refractivity contribution is -0.167. The van der Waals surface area contributed by atoms with E-state index in [0.29, 0.717) is 19.3 Å². The quantitative estimate of drug-likeness (QED) is 0.0261. The van der Waals surface area contributed by atoms with Gasteiger partial charge in [-0.25, -0.2) is 0 Å². The third-order valence-electron chi connectivity index (χ3n) is 16.0. The molecule has 0 spiro atoms. The van der Waals surface area contributed by atoms with Gasteiger partial charge in [-0.2, -0.15) is 0 Å². The molecular formula is C75H136O6. The summed E-state index contributed by atoms with van der Waals surface area (Å²) in [7, 11) is 0. The number of carbonyl (C=O) groups excluding carboxylic acids is 3. The molecule has 472 valence electrons. The van der Waals surface area contributed by atoms with E-state index in [4.69, 9.17) is 14.2 Å². The van der Waals surface area contributed by atoms with Gasteiger partial charge in [0.15, 0.2) is 6.10 Å². The van der Waals surface area contributed by atoms with Crippen molar-refractivity contribution in [3.8, 4) is 0 Å². The summed E-state index contributed by atoms with van der Waals surface area (Å²) in [5, 5.41) is 0. The van der Waals surface area contributed by atoms with Gasteiger partial charge in [0, 0.05) is 19.3 Å². The van der Waals surface area contributed by atoms with Crippen molar-refractivity contribution in [2.75, 3.05) is 13.2 Å². The Morgan fingerprint density at radius 3 is 0.704 bits per heavy atom. The Kier molecular flexibility index (Phi) is 67.1. The molecule has 0 aliphatic rings. The van der Waals surface area contributed by atoms with Gasteiger partial charge < -0.3 is 14.2 Å². The fourth-order valence-corrected chi connectivity index (χ4v) is 10.6. The minimum atomic E-state index is -0.783. The van der Waals surface area contributed by atoms with Crippen LogP contribution in [0.25, 0.3) is 0 Å². The molecule has 0 N–H and O–H groups in total. The zero-order chi connectivity index (χ0) is 58.5. The van der Waals surface area contributed by atoms with Crippen LogP contribution in [0.5, 0.6) is 0 Å². The molecule has 0 saturated carbocycles. The third kappa shape index (κ3) is 67.8. The fourth-order valence-electron chi connectivity index (χ4n) is 10.6. The molecule has 0 heterocycles. The molecule has 6 heteroatoms. The molecule has 6 nitrogen and oxygen atoms in total. The van der Waals surface area contributed by atoms with Crippen molar-refractivity contribution in [3.63, 3.8) is 0 Å². The topological polar surface area (TPSA) is 78.9 Å². The maximum Gasteiger partial charge on any atom is 0.306 e. The molecule has 0 radical (unpaired) electrons. The second-order valence-corrected chi connectivity index (χ2v) is 24.1. The van der Waals surface area contributed by atoms with Gasteiger partial charge in [0.05, 0.1) is 0 Å². The smallest absolute Gasteiger partial charge is 0.306 e. The van der Waals surface area contributed by atoms with Gasteiger partial charge in [-0.15, -0.1) is 0 Å². The van der Waals surface area contributed by atoms with Crippen LogP contribution in [0.1, 0.15) is 380 Å². The van der Waals surface area contributed by atoms with Crippen molar-refractivity contribution in [1.29, 1.82) is 0 Å². The molecule has 0 aliphatic heterocycles. The van der Waals surface area contributed by atoms with Crippen LogP contribution in [-0.2, 0) is 28.6 Å². The highest BCUT2D eigenvalue weighted by Crippen LogP contribution is 2.17. The van der Waals surface area contributed by atoms with Crippen molar-refractivity contribution >= 4 is 17.9 Å². The van der Waals surface area contributed by atoms with E-state index in [0.717, 1.165) is 83.5 Å². The van der Waals surface area contributed by atoms with Crippen molar-refractivity contribution < 1.29 is 28.6 Å². The maximum absolute atomic E-state index is 13.0. The van der Waals surface area contributed by atoms with Crippen molar-refractivity contribution in [1.82, 2.24) is 0 Å². The van der Waals surface area contributed by atoms with Crippen LogP contribution in [-0.4, -0.2) is 37.2 Å². The number of allylic oxidation sites excluding steroid dienone is 10. The van der Waals surface area contributed by atoms with Crippen LogP contribution in [0.2, 0.25) is 0 Å². The number of hydrogen-bond acceptors (Lipinski definition) is 6. The van der Waals surface area contributed by atoms with E-state index < -0.39 is 6.10 Å². The summed E-state index contributed by atoms with van der Waals surface area (Å²) in [6.07, 6.45) is 89.6. The van der Waals surface area contributed by atoms with Crippen LogP contribution in [0, 0.1) is 0 Å². The molecule has 0 amide bonds. The molecule has 0 aromatic heterocycles. The van der Waals surface area contributed by atoms with Gasteiger partial charge in [-0.1, -0.05) is 313 Å². The monoisotopic (exact) mass is 1130 g/mol. The van der Waals surface area contributed by atoms with E-state index in [1.807, 2.05) is 0 Å². The first-order chi connectivity index (χ1) is 40.0. The number of carbonyl (C=O) groups is 3. The van der Waals surface area contributed by atoms with Gasteiger partial charge in [0.25, 0.3) is 0 Å². The number of rotatable bonds is 66. The lowest BCUT2D eigenvalue weighted by Crippen LogP contribution is -2.30. The van der Waals surface area contributed by atoms with Crippen molar-refractivity contribution in [2.24, 2.45) is 0 Å². The number of ether oxygens (including phenoxy) is 3. The van der Waals surface area contributed by atoms with Crippen LogP contribution >= 0.6 is 0 Å². The van der Waals surface area contributed by atoms with E-state index in [1.165, 1.54) is 257 Å². The van der Waals surface area contributed by atoms with Gasteiger partial charge in [0.2, 0.25) is 0 Å². The normalized spacial score (nSPS) is 12.4. The van der Waals surface area contributed by atoms with Crippen molar-refractivity contribution in [2.45, 2.75) is 386 Å². The van der Waals surface area contributed by atoms with Crippen molar-refractivity contribution in [3.05, 3.63) is 60.8 Å². The molecule has 0 rings (SSSR count). The molecule has 0 aliphatic carbocycles. The average Bonchev–Trinajstić information content (AvgIpc) is 3.47. The van der Waals surface area contributed by atoms with Crippen LogP contribution < -0.4 is 0 Å². The SMILES string of the molecule is CCCCCCC/C=C\C/C=C\C/C=C\CCCCCCCCCCC(=O)OC(COC(=O)CCCCCCC/C=C\CCCCCCCC)COC(=O)CCCCCCCCCCCCCCC/C=C\CCCCCCCCCC. The molecule has 0 fully saturated rings. The first-order valence-electron chi connectivity index (χ1n) is 35.8. The summed E-state index contributed by atoms with van der Waals surface area (Å²) in [6, 6.07) is 0. The lowest BCUT2D eigenvalue weighted by atomic mass is 10.0. The summed E-state index contributed by atoms with van der Waals surface area (Å²) in [6.45, 7) is 6.67. The van der Waals surface area contributed by atoms with E-state index in [-0.39, 0.29) is 31.1 Å². The minimum absolute atomic E-state index is 0.0773. The molecular weight excluding hydrogens is 997 g/mol. The Morgan fingerprint density at radius 1 is 0.247 bits per heavy atom. The summed E-state index contributed by atoms with van der Waals surface area (Å²) >= 11 is 0. The summed E-state index contributed by atoms with van der Waals surface area (Å²) in [5.74, 6) is -0.871. The number of hydrogen-bond donors (Lipinski definition) is 0. The molecule has 81 heavy (non-hydrogen) atoms. The highest BCUT2D eigenvalue weighted by atomic mass is 16.6.